The molecule has 2 fully saturated rings. The first-order valence-electron chi connectivity index (χ1n) is 15.8. The number of hydrogen-bond acceptors (Lipinski definition) is 10. The van der Waals surface area contributed by atoms with Gasteiger partial charge in [0.2, 0.25) is 5.89 Å². The minimum atomic E-state index is -0.961. The van der Waals surface area contributed by atoms with Gasteiger partial charge in [0, 0.05) is 25.3 Å². The van der Waals surface area contributed by atoms with E-state index >= 15 is 0 Å². The number of benzene rings is 1. The van der Waals surface area contributed by atoms with Crippen LogP contribution in [0.15, 0.2) is 50.7 Å². The lowest BCUT2D eigenvalue weighted by molar-refractivity contribution is -0.175. The number of hydrogen-bond donors (Lipinski definition) is 0. The lowest BCUT2D eigenvalue weighted by Crippen LogP contribution is -2.51. The van der Waals surface area contributed by atoms with E-state index in [1.165, 1.54) is 22.2 Å². The van der Waals surface area contributed by atoms with E-state index in [1.54, 1.807) is 17.9 Å². The van der Waals surface area contributed by atoms with Crippen molar-refractivity contribution in [2.75, 3.05) is 20.3 Å². The molecule has 1 saturated carbocycles. The van der Waals surface area contributed by atoms with Gasteiger partial charge in [0.1, 0.15) is 28.5 Å². The van der Waals surface area contributed by atoms with E-state index in [0.29, 0.717) is 58.4 Å². The maximum absolute atomic E-state index is 14.6. The number of oxazole rings is 1. The average Bonchev–Trinajstić information content (AvgIpc) is 3.65. The van der Waals surface area contributed by atoms with E-state index in [2.05, 4.69) is 4.98 Å². The smallest absolute Gasteiger partial charge is 0.332 e. The van der Waals surface area contributed by atoms with Gasteiger partial charge in [0.05, 0.1) is 41.6 Å². The number of fused-ring (bicyclic) bond motifs is 1. The Morgan fingerprint density at radius 3 is 2.52 bits per heavy atom. The molecule has 1 atom stereocenters. The molecule has 4 aromatic rings. The van der Waals surface area contributed by atoms with Gasteiger partial charge in [-0.2, -0.15) is 0 Å². The van der Waals surface area contributed by atoms with E-state index < -0.39 is 28.4 Å². The number of carbonyl (C=O) groups is 1. The average molecular weight is 652 g/mol. The van der Waals surface area contributed by atoms with Crippen molar-refractivity contribution in [2.24, 2.45) is 5.41 Å². The summed E-state index contributed by atoms with van der Waals surface area (Å²) in [5.41, 5.74) is -1.17. The molecule has 0 spiro atoms. The van der Waals surface area contributed by atoms with Crippen molar-refractivity contribution in [2.45, 2.75) is 90.7 Å². The summed E-state index contributed by atoms with van der Waals surface area (Å²) >= 11 is 1.29. The number of esters is 1. The first-order valence-corrected chi connectivity index (χ1v) is 16.6. The van der Waals surface area contributed by atoms with Crippen LogP contribution in [0.3, 0.4) is 0 Å². The summed E-state index contributed by atoms with van der Waals surface area (Å²) in [5.74, 6) is 0.618. The second-order valence-corrected chi connectivity index (χ2v) is 14.2. The lowest BCUT2D eigenvalue weighted by Gasteiger charge is -2.41. The highest BCUT2D eigenvalue weighted by atomic mass is 32.1. The second-order valence-electron chi connectivity index (χ2n) is 13.2. The number of ether oxygens (including phenoxy) is 4. The topological polar surface area (TPSA) is 124 Å². The largest absolute Gasteiger partial charge is 0.496 e. The fourth-order valence-electron chi connectivity index (χ4n) is 6.31. The number of aromatic nitrogens is 3. The van der Waals surface area contributed by atoms with Crippen molar-refractivity contribution >= 4 is 27.5 Å². The van der Waals surface area contributed by atoms with E-state index in [-0.39, 0.29) is 25.2 Å². The van der Waals surface area contributed by atoms with Gasteiger partial charge >= 0.3 is 11.7 Å². The first kappa shape index (κ1) is 32.2. The van der Waals surface area contributed by atoms with Gasteiger partial charge in [-0.15, -0.1) is 11.3 Å². The molecule has 3 aromatic heterocycles. The van der Waals surface area contributed by atoms with E-state index in [0.717, 1.165) is 24.8 Å². The molecule has 2 aliphatic rings. The van der Waals surface area contributed by atoms with Crippen LogP contribution < -0.4 is 16.0 Å². The zero-order chi connectivity index (χ0) is 32.6. The number of nitrogens with zero attached hydrogens (tertiary/aromatic N) is 3. The number of aryl methyl sites for hydroxylation is 1. The molecule has 0 amide bonds. The number of methoxy groups -OCH3 is 1. The quantitative estimate of drug-likeness (QED) is 0.200. The molecule has 0 unspecified atom stereocenters. The Balaban J connectivity index is 1.52. The Morgan fingerprint density at radius 2 is 1.89 bits per heavy atom. The van der Waals surface area contributed by atoms with Gasteiger partial charge in [0.25, 0.3) is 5.56 Å². The predicted octanol–water partition coefficient (Wildman–Crippen LogP) is 5.65. The van der Waals surface area contributed by atoms with Crippen molar-refractivity contribution in [3.8, 4) is 16.5 Å². The number of rotatable bonds is 10. The molecule has 4 heterocycles. The van der Waals surface area contributed by atoms with E-state index in [4.69, 9.17) is 23.4 Å². The number of para-hydroxylation sites is 1. The van der Waals surface area contributed by atoms with Gasteiger partial charge < -0.3 is 23.4 Å². The molecule has 46 heavy (non-hydrogen) atoms. The Morgan fingerprint density at radius 1 is 1.15 bits per heavy atom. The SMILES string of the molecule is COc1ccccc1[C@H](Cn1c(=O)n(CC2(C(=O)OC(C)(C)C)CCC2)c(=O)c2c(C)c(-c3ncco3)sc21)OC1CCOCC1. The highest BCUT2D eigenvalue weighted by Gasteiger charge is 2.48. The van der Waals surface area contributed by atoms with Crippen LogP contribution in [-0.2, 0) is 32.1 Å². The van der Waals surface area contributed by atoms with Gasteiger partial charge in [-0.05, 0) is 65.0 Å². The molecular weight excluding hydrogens is 610 g/mol. The molecule has 0 bridgehead atoms. The van der Waals surface area contributed by atoms with Crippen LogP contribution >= 0.6 is 11.3 Å². The Kier molecular flexibility index (Phi) is 8.97. The van der Waals surface area contributed by atoms with E-state index in [9.17, 15) is 14.4 Å². The molecule has 1 aliphatic carbocycles. The van der Waals surface area contributed by atoms with Crippen molar-refractivity contribution in [1.82, 2.24) is 14.1 Å². The van der Waals surface area contributed by atoms with E-state index in [1.807, 2.05) is 52.0 Å². The normalized spacial score (nSPS) is 17.5. The number of thiophene rings is 1. The summed E-state index contributed by atoms with van der Waals surface area (Å²) < 4.78 is 32.3. The molecule has 1 aromatic carbocycles. The van der Waals surface area contributed by atoms with Crippen LogP contribution in [0, 0.1) is 12.3 Å². The molecule has 0 N–H and O–H groups in total. The minimum absolute atomic E-state index is 0.0702. The third-order valence-electron chi connectivity index (χ3n) is 8.88. The first-order chi connectivity index (χ1) is 22.0. The monoisotopic (exact) mass is 651 g/mol. The maximum Gasteiger partial charge on any atom is 0.332 e. The van der Waals surface area contributed by atoms with Crippen LogP contribution in [0.2, 0.25) is 0 Å². The Labute approximate surface area is 271 Å². The summed E-state index contributed by atoms with van der Waals surface area (Å²) in [6, 6.07) is 7.60. The zero-order valence-corrected chi connectivity index (χ0v) is 27.8. The standard InChI is InChI=1S/C34H41N3O8S/c1-21-26-29(38)37(20-34(13-8-14-34)31(39)45-33(2,3)4)32(40)36(30(26)46-27(21)28-35-15-18-43-28)19-25(44-22-11-16-42-17-12-22)23-9-6-7-10-24(23)41-5/h6-7,9-10,15,18,22,25H,8,11-14,16-17,19-20H2,1-5H3/t25-/m0/s1. The van der Waals surface area contributed by atoms with Crippen LogP contribution in [0.25, 0.3) is 21.0 Å². The van der Waals surface area contributed by atoms with Gasteiger partial charge in [-0.25, -0.2) is 9.78 Å². The summed E-state index contributed by atoms with van der Waals surface area (Å²) in [5, 5.41) is 0.390. The molecule has 6 rings (SSSR count). The predicted molar refractivity (Wildman–Crippen MR) is 173 cm³/mol. The fraction of sp³-hybridized carbons (Fsp3) is 0.529. The Hall–Kier alpha value is -3.74. The highest BCUT2D eigenvalue weighted by molar-refractivity contribution is 7.22. The molecule has 1 saturated heterocycles. The third kappa shape index (κ3) is 6.17. The van der Waals surface area contributed by atoms with Crippen LogP contribution in [0.5, 0.6) is 5.75 Å². The fourth-order valence-corrected chi connectivity index (χ4v) is 7.55. The van der Waals surface area contributed by atoms with Crippen LogP contribution in [0.4, 0.5) is 0 Å². The van der Waals surface area contributed by atoms with Crippen molar-refractivity contribution in [3.05, 3.63) is 68.7 Å². The third-order valence-corrected chi connectivity index (χ3v) is 10.2. The molecular formula is C34H41N3O8S. The summed E-state index contributed by atoms with van der Waals surface area (Å²) in [7, 11) is 1.61. The highest BCUT2D eigenvalue weighted by Crippen LogP contribution is 2.44. The summed E-state index contributed by atoms with van der Waals surface area (Å²) in [4.78, 5) is 47.9. The second kappa shape index (κ2) is 12.8. The van der Waals surface area contributed by atoms with Crippen LogP contribution in [0.1, 0.15) is 70.1 Å². The minimum Gasteiger partial charge on any atom is -0.496 e. The van der Waals surface area contributed by atoms with Crippen molar-refractivity contribution in [3.63, 3.8) is 0 Å². The van der Waals surface area contributed by atoms with Gasteiger partial charge in [-0.3, -0.25) is 18.7 Å². The zero-order valence-electron chi connectivity index (χ0n) is 27.0. The Bertz CT molecular complexity index is 1820. The lowest BCUT2D eigenvalue weighted by atomic mass is 9.68. The molecule has 11 nitrogen and oxygen atoms in total. The molecule has 0 radical (unpaired) electrons. The molecule has 246 valence electrons. The van der Waals surface area contributed by atoms with Crippen molar-refractivity contribution < 1.29 is 28.2 Å². The summed E-state index contributed by atoms with van der Waals surface area (Å²) in [6.45, 7) is 8.51. The molecule has 1 aliphatic heterocycles. The number of carbonyl (C=O) groups excluding carboxylic acids is 1. The summed E-state index contributed by atoms with van der Waals surface area (Å²) in [6.07, 6.45) is 5.68. The van der Waals surface area contributed by atoms with Crippen LogP contribution in [-0.4, -0.2) is 52.1 Å². The maximum atomic E-state index is 14.6. The van der Waals surface area contributed by atoms with Crippen molar-refractivity contribution in [1.29, 1.82) is 0 Å². The van der Waals surface area contributed by atoms with Gasteiger partial charge in [0.15, 0.2) is 0 Å². The molecule has 12 heteroatoms. The van der Waals surface area contributed by atoms with Gasteiger partial charge in [-0.1, -0.05) is 24.6 Å².